The molecule has 0 radical (unpaired) electrons. The van der Waals surface area contributed by atoms with E-state index in [9.17, 15) is 4.79 Å². The Balaban J connectivity index is 1.52. The molecule has 29 heavy (non-hydrogen) atoms. The molecule has 0 aliphatic carbocycles. The number of para-hydroxylation sites is 1. The Morgan fingerprint density at radius 1 is 1.07 bits per heavy atom. The highest BCUT2D eigenvalue weighted by Crippen LogP contribution is 2.29. The van der Waals surface area contributed by atoms with Gasteiger partial charge in [0.1, 0.15) is 0 Å². The van der Waals surface area contributed by atoms with Crippen LogP contribution in [0.25, 0.3) is 38.8 Å². The third kappa shape index (κ3) is 3.15. The van der Waals surface area contributed by atoms with Gasteiger partial charge in [0.05, 0.1) is 16.6 Å². The number of carbonyl (C=O) groups excluding carboxylic acids is 1. The average molecular weight is 399 g/mol. The zero-order valence-corrected chi connectivity index (χ0v) is 16.5. The molecule has 4 aromatic heterocycles. The van der Waals surface area contributed by atoms with Gasteiger partial charge in [0.25, 0.3) is 5.91 Å². The second kappa shape index (κ2) is 7.10. The molecule has 7 heteroatoms. The maximum atomic E-state index is 12.0. The number of hydrogen-bond acceptors (Lipinski definition) is 5. The zero-order chi connectivity index (χ0) is 19.8. The molecule has 0 saturated carbocycles. The van der Waals surface area contributed by atoms with Gasteiger partial charge >= 0.3 is 0 Å². The minimum Gasteiger partial charge on any atom is -0.352 e. The summed E-state index contributed by atoms with van der Waals surface area (Å²) in [6.07, 6.45) is 7.43. The molecule has 5 rings (SSSR count). The summed E-state index contributed by atoms with van der Waals surface area (Å²) in [6.45, 7) is 2.51. The molecule has 0 unspecified atom stereocenters. The maximum Gasteiger partial charge on any atom is 0.261 e. The largest absolute Gasteiger partial charge is 0.352 e. The highest BCUT2D eigenvalue weighted by Gasteiger charge is 2.14. The van der Waals surface area contributed by atoms with E-state index in [1.807, 2.05) is 61.2 Å². The van der Waals surface area contributed by atoms with Crippen molar-refractivity contribution in [2.24, 2.45) is 0 Å². The maximum absolute atomic E-state index is 12.0. The highest BCUT2D eigenvalue weighted by molar-refractivity contribution is 7.12. The predicted octanol–water partition coefficient (Wildman–Crippen LogP) is 4.42. The fourth-order valence-electron chi connectivity index (χ4n) is 3.30. The van der Waals surface area contributed by atoms with Crippen molar-refractivity contribution in [3.05, 3.63) is 71.4 Å². The number of fused-ring (bicyclic) bond motifs is 2. The first-order valence-corrected chi connectivity index (χ1v) is 10.2. The number of amides is 1. The standard InChI is InChI=1S/C22H17N5OS/c1-2-23-22(28)20-8-16(13-29-20)18-11-26-27-12-17(10-25-21(18)27)15-7-14-5-3-4-6-19(14)24-9-15/h3-13H,2H2,1H3,(H,23,28). The third-order valence-corrected chi connectivity index (χ3v) is 5.68. The molecule has 0 aliphatic rings. The molecule has 1 amide bonds. The topological polar surface area (TPSA) is 72.2 Å². The second-order valence-corrected chi connectivity index (χ2v) is 7.56. The molecule has 0 spiro atoms. The number of nitrogens with zero attached hydrogens (tertiary/aromatic N) is 4. The summed E-state index contributed by atoms with van der Waals surface area (Å²) in [6, 6.07) is 12.0. The van der Waals surface area contributed by atoms with Crippen LogP contribution in [0.2, 0.25) is 0 Å². The molecular formula is C22H17N5OS. The predicted molar refractivity (Wildman–Crippen MR) is 115 cm³/mol. The van der Waals surface area contributed by atoms with Crippen molar-refractivity contribution in [2.45, 2.75) is 6.92 Å². The fourth-order valence-corrected chi connectivity index (χ4v) is 4.12. The molecule has 6 nitrogen and oxygen atoms in total. The first kappa shape index (κ1) is 17.5. The van der Waals surface area contributed by atoms with Gasteiger partial charge in [-0.3, -0.25) is 9.78 Å². The minimum absolute atomic E-state index is 0.0562. The number of nitrogens with one attached hydrogen (secondary N) is 1. The Kier molecular flexibility index (Phi) is 4.29. The SMILES string of the molecule is CCNC(=O)c1cc(-c2cnn3cc(-c4cnc5ccccc5c4)cnc23)cs1. The van der Waals surface area contributed by atoms with Crippen molar-refractivity contribution in [3.8, 4) is 22.3 Å². The Hall–Kier alpha value is -3.58. The van der Waals surface area contributed by atoms with E-state index < -0.39 is 0 Å². The number of benzene rings is 1. The normalized spacial score (nSPS) is 11.2. The second-order valence-electron chi connectivity index (χ2n) is 6.64. The minimum atomic E-state index is -0.0562. The van der Waals surface area contributed by atoms with Crippen LogP contribution in [0, 0.1) is 0 Å². The van der Waals surface area contributed by atoms with Crippen LogP contribution < -0.4 is 5.32 Å². The lowest BCUT2D eigenvalue weighted by Crippen LogP contribution is -2.21. The number of pyridine rings is 1. The molecule has 0 saturated heterocycles. The van der Waals surface area contributed by atoms with E-state index in [4.69, 9.17) is 0 Å². The van der Waals surface area contributed by atoms with E-state index >= 15 is 0 Å². The Morgan fingerprint density at radius 2 is 1.93 bits per heavy atom. The van der Waals surface area contributed by atoms with E-state index in [2.05, 4.69) is 26.4 Å². The molecule has 142 valence electrons. The van der Waals surface area contributed by atoms with Gasteiger partial charge in [-0.05, 0) is 36.1 Å². The van der Waals surface area contributed by atoms with E-state index in [-0.39, 0.29) is 5.91 Å². The van der Waals surface area contributed by atoms with Crippen LogP contribution in [-0.2, 0) is 0 Å². The van der Waals surface area contributed by atoms with Crippen molar-refractivity contribution < 1.29 is 4.79 Å². The quantitative estimate of drug-likeness (QED) is 0.485. The summed E-state index contributed by atoms with van der Waals surface area (Å²) in [4.78, 5) is 21.9. The summed E-state index contributed by atoms with van der Waals surface area (Å²) in [5.74, 6) is -0.0562. The van der Waals surface area contributed by atoms with Crippen molar-refractivity contribution in [3.63, 3.8) is 0 Å². The zero-order valence-electron chi connectivity index (χ0n) is 15.7. The number of carbonyl (C=O) groups is 1. The Bertz CT molecular complexity index is 1350. The fraction of sp³-hybridized carbons (Fsp3) is 0.0909. The summed E-state index contributed by atoms with van der Waals surface area (Å²) in [5.41, 5.74) is 5.50. The van der Waals surface area contributed by atoms with Gasteiger partial charge in [-0.25, -0.2) is 9.50 Å². The lowest BCUT2D eigenvalue weighted by atomic mass is 10.1. The van der Waals surface area contributed by atoms with E-state index in [0.29, 0.717) is 11.4 Å². The summed E-state index contributed by atoms with van der Waals surface area (Å²) in [5, 5.41) is 10.3. The average Bonchev–Trinajstić information content (AvgIpc) is 3.40. The molecule has 0 fully saturated rings. The van der Waals surface area contributed by atoms with Crippen molar-refractivity contribution in [2.75, 3.05) is 6.54 Å². The van der Waals surface area contributed by atoms with Crippen LogP contribution in [0.4, 0.5) is 0 Å². The van der Waals surface area contributed by atoms with Gasteiger partial charge in [0.2, 0.25) is 0 Å². The lowest BCUT2D eigenvalue weighted by molar-refractivity contribution is 0.0960. The Morgan fingerprint density at radius 3 is 2.83 bits per heavy atom. The molecular weight excluding hydrogens is 382 g/mol. The van der Waals surface area contributed by atoms with Crippen LogP contribution in [0.3, 0.4) is 0 Å². The van der Waals surface area contributed by atoms with Crippen LogP contribution in [0.1, 0.15) is 16.6 Å². The highest BCUT2D eigenvalue weighted by atomic mass is 32.1. The summed E-state index contributed by atoms with van der Waals surface area (Å²) < 4.78 is 1.77. The summed E-state index contributed by atoms with van der Waals surface area (Å²) >= 11 is 1.42. The van der Waals surface area contributed by atoms with Crippen molar-refractivity contribution in [1.29, 1.82) is 0 Å². The Labute approximate surface area is 170 Å². The smallest absolute Gasteiger partial charge is 0.261 e. The molecule has 0 bridgehead atoms. The van der Waals surface area contributed by atoms with Crippen molar-refractivity contribution in [1.82, 2.24) is 24.9 Å². The van der Waals surface area contributed by atoms with Gasteiger partial charge in [-0.2, -0.15) is 5.10 Å². The number of hydrogen-bond donors (Lipinski definition) is 1. The van der Waals surface area contributed by atoms with Crippen LogP contribution >= 0.6 is 11.3 Å². The lowest BCUT2D eigenvalue weighted by Gasteiger charge is -2.04. The van der Waals surface area contributed by atoms with Gasteiger partial charge in [-0.1, -0.05) is 18.2 Å². The van der Waals surface area contributed by atoms with E-state index in [1.165, 1.54) is 11.3 Å². The molecule has 1 aromatic carbocycles. The van der Waals surface area contributed by atoms with Gasteiger partial charge in [-0.15, -0.1) is 11.3 Å². The summed E-state index contributed by atoms with van der Waals surface area (Å²) in [7, 11) is 0. The van der Waals surface area contributed by atoms with Crippen LogP contribution in [0.15, 0.2) is 66.6 Å². The van der Waals surface area contributed by atoms with E-state index in [0.717, 1.165) is 38.8 Å². The monoisotopic (exact) mass is 399 g/mol. The van der Waals surface area contributed by atoms with Crippen LogP contribution in [0.5, 0.6) is 0 Å². The molecule has 0 aliphatic heterocycles. The number of aromatic nitrogens is 4. The third-order valence-electron chi connectivity index (χ3n) is 4.75. The first-order valence-electron chi connectivity index (χ1n) is 9.28. The van der Waals surface area contributed by atoms with Crippen molar-refractivity contribution >= 4 is 33.8 Å². The van der Waals surface area contributed by atoms with Gasteiger partial charge < -0.3 is 5.32 Å². The molecule has 1 N–H and O–H groups in total. The number of thiophene rings is 1. The van der Waals surface area contributed by atoms with E-state index in [1.54, 1.807) is 10.7 Å². The number of rotatable bonds is 4. The molecule has 4 heterocycles. The molecule has 0 atom stereocenters. The molecule has 5 aromatic rings. The van der Waals surface area contributed by atoms with Crippen LogP contribution in [-0.4, -0.2) is 32.0 Å². The van der Waals surface area contributed by atoms with Gasteiger partial charge in [0, 0.05) is 47.2 Å². The first-order chi connectivity index (χ1) is 14.2. The van der Waals surface area contributed by atoms with Gasteiger partial charge in [0.15, 0.2) is 5.65 Å².